The van der Waals surface area contributed by atoms with E-state index in [9.17, 15) is 19.2 Å². The first kappa shape index (κ1) is 23.9. The smallest absolute Gasteiger partial charge is 0.338 e. The van der Waals surface area contributed by atoms with Crippen LogP contribution in [0, 0.1) is 12.3 Å². The number of ketones is 1. The maximum atomic E-state index is 13.1. The molecule has 35 heavy (non-hydrogen) atoms. The summed E-state index contributed by atoms with van der Waals surface area (Å²) in [6.45, 7) is 6.83. The molecular weight excluding hydrogens is 446 g/mol. The van der Waals surface area contributed by atoms with Crippen LogP contribution >= 0.6 is 0 Å². The van der Waals surface area contributed by atoms with Gasteiger partial charge in [0.2, 0.25) is 0 Å². The lowest BCUT2D eigenvalue weighted by molar-refractivity contribution is -0.129. The highest BCUT2D eigenvalue weighted by atomic mass is 16.5. The van der Waals surface area contributed by atoms with Crippen LogP contribution in [0.15, 0.2) is 66.7 Å². The zero-order valence-corrected chi connectivity index (χ0v) is 20.0. The van der Waals surface area contributed by atoms with Gasteiger partial charge in [-0.25, -0.2) is 9.69 Å². The molecule has 0 aliphatic carbocycles. The lowest BCUT2D eigenvalue weighted by Gasteiger charge is -2.16. The Morgan fingerprint density at radius 2 is 1.37 bits per heavy atom. The number of hydrogen-bond acceptors (Lipinski definition) is 6. The van der Waals surface area contributed by atoms with E-state index >= 15 is 0 Å². The van der Waals surface area contributed by atoms with E-state index in [1.807, 2.05) is 31.2 Å². The number of Topliss-reactive ketones (excluding diaryl/α,β-unsaturated/α-hetero) is 1. The number of amides is 2. The van der Waals surface area contributed by atoms with E-state index in [0.29, 0.717) is 17.2 Å². The normalized spacial score (nSPS) is 13.0. The molecular formula is C28H25NO6. The highest BCUT2D eigenvalue weighted by molar-refractivity contribution is 6.34. The van der Waals surface area contributed by atoms with E-state index in [1.54, 1.807) is 45.0 Å². The number of nitrogens with zero attached hydrogens (tertiary/aromatic N) is 1. The Hall–Kier alpha value is -4.26. The van der Waals surface area contributed by atoms with Gasteiger partial charge in [-0.1, -0.05) is 38.5 Å². The number of hydrogen-bond donors (Lipinski definition) is 0. The van der Waals surface area contributed by atoms with Gasteiger partial charge < -0.3 is 9.47 Å². The summed E-state index contributed by atoms with van der Waals surface area (Å²) < 4.78 is 10.9. The van der Waals surface area contributed by atoms with Gasteiger partial charge in [0.1, 0.15) is 11.5 Å². The maximum Gasteiger partial charge on any atom is 0.338 e. The Morgan fingerprint density at radius 3 is 1.97 bits per heavy atom. The summed E-state index contributed by atoms with van der Waals surface area (Å²) in [7, 11) is 0. The average Bonchev–Trinajstić information content (AvgIpc) is 3.08. The molecule has 2 amide bonds. The molecule has 0 N–H and O–H groups in total. The van der Waals surface area contributed by atoms with Crippen molar-refractivity contribution in [1.29, 1.82) is 0 Å². The maximum absolute atomic E-state index is 13.1. The predicted molar refractivity (Wildman–Crippen MR) is 130 cm³/mol. The van der Waals surface area contributed by atoms with Crippen LogP contribution in [0.2, 0.25) is 0 Å². The molecule has 4 rings (SSSR count). The Morgan fingerprint density at radius 1 is 0.800 bits per heavy atom. The third-order valence-corrected chi connectivity index (χ3v) is 5.64. The van der Waals surface area contributed by atoms with Crippen molar-refractivity contribution in [2.75, 3.05) is 11.5 Å². The Kier molecular flexibility index (Phi) is 6.26. The van der Waals surface area contributed by atoms with Crippen LogP contribution in [0.4, 0.5) is 5.69 Å². The van der Waals surface area contributed by atoms with Gasteiger partial charge in [0.05, 0.1) is 22.4 Å². The summed E-state index contributed by atoms with van der Waals surface area (Å²) in [6, 6.07) is 18.4. The van der Waals surface area contributed by atoms with E-state index in [1.165, 1.54) is 18.2 Å². The van der Waals surface area contributed by atoms with Gasteiger partial charge in [-0.3, -0.25) is 14.4 Å². The molecule has 7 nitrogen and oxygen atoms in total. The number of imide groups is 1. The second-order valence-electron chi connectivity index (χ2n) is 9.36. The number of carbonyl (C=O) groups excluding carboxylic acids is 4. The van der Waals surface area contributed by atoms with Crippen LogP contribution in [0.3, 0.4) is 0 Å². The molecule has 1 heterocycles. The number of aryl methyl sites for hydroxylation is 1. The highest BCUT2D eigenvalue weighted by Gasteiger charge is 2.37. The first-order valence-corrected chi connectivity index (χ1v) is 11.1. The predicted octanol–water partition coefficient (Wildman–Crippen LogP) is 5.36. The van der Waals surface area contributed by atoms with Gasteiger partial charge in [-0.05, 0) is 61.5 Å². The molecule has 0 fully saturated rings. The number of benzene rings is 3. The third kappa shape index (κ3) is 4.99. The number of rotatable bonds is 6. The van der Waals surface area contributed by atoms with E-state index in [-0.39, 0.29) is 29.1 Å². The lowest BCUT2D eigenvalue weighted by Crippen LogP contribution is -2.29. The summed E-state index contributed by atoms with van der Waals surface area (Å²) >= 11 is 0. The fourth-order valence-electron chi connectivity index (χ4n) is 3.44. The molecule has 178 valence electrons. The van der Waals surface area contributed by atoms with Crippen LogP contribution in [0.1, 0.15) is 57.4 Å². The number of esters is 1. The number of fused-ring (bicyclic) bond motifs is 1. The van der Waals surface area contributed by atoms with Gasteiger partial charge in [0.15, 0.2) is 12.4 Å². The molecule has 0 radical (unpaired) electrons. The molecule has 7 heteroatoms. The average molecular weight is 472 g/mol. The highest BCUT2D eigenvalue weighted by Crippen LogP contribution is 2.31. The summed E-state index contributed by atoms with van der Waals surface area (Å²) in [5, 5.41) is 0. The minimum Gasteiger partial charge on any atom is -0.457 e. The fraction of sp³-hybridized carbons (Fsp3) is 0.214. The van der Waals surface area contributed by atoms with Crippen molar-refractivity contribution in [3.63, 3.8) is 0 Å². The topological polar surface area (TPSA) is 90.0 Å². The fourth-order valence-corrected chi connectivity index (χ4v) is 3.44. The molecule has 0 atom stereocenters. The molecule has 0 spiro atoms. The molecule has 0 saturated carbocycles. The third-order valence-electron chi connectivity index (χ3n) is 5.64. The monoisotopic (exact) mass is 471 g/mol. The first-order valence-electron chi connectivity index (χ1n) is 11.1. The SMILES string of the molecule is Cc1ccc(Oc2ccc(N3C(=O)c4ccc(C(=O)OCC(=O)C(C)(C)C)cc4C3=O)cc2)cc1. The zero-order chi connectivity index (χ0) is 25.3. The first-order chi connectivity index (χ1) is 16.5. The van der Waals surface area contributed by atoms with Crippen LogP contribution in [0.5, 0.6) is 11.5 Å². The van der Waals surface area contributed by atoms with Crippen molar-refractivity contribution in [1.82, 2.24) is 0 Å². The standard InChI is InChI=1S/C28H25NO6/c1-17-5-10-20(11-6-17)35-21-12-8-19(9-13-21)29-25(31)22-14-7-18(15-23(22)26(29)32)27(33)34-16-24(30)28(2,3)4/h5-15H,16H2,1-4H3. The molecule has 0 unspecified atom stereocenters. The minimum absolute atomic E-state index is 0.0929. The quantitative estimate of drug-likeness (QED) is 0.355. The summed E-state index contributed by atoms with van der Waals surface area (Å²) in [5.41, 5.74) is 1.25. The molecule has 3 aromatic carbocycles. The number of anilines is 1. The number of ether oxygens (including phenoxy) is 2. The van der Waals surface area contributed by atoms with Crippen LogP contribution in [0.25, 0.3) is 0 Å². The molecule has 1 aliphatic heterocycles. The molecule has 3 aromatic rings. The van der Waals surface area contributed by atoms with Gasteiger partial charge in [-0.15, -0.1) is 0 Å². The van der Waals surface area contributed by atoms with Crippen molar-refractivity contribution in [3.05, 3.63) is 89.0 Å². The molecule has 0 saturated heterocycles. The van der Waals surface area contributed by atoms with E-state index in [0.717, 1.165) is 10.5 Å². The zero-order valence-electron chi connectivity index (χ0n) is 20.0. The van der Waals surface area contributed by atoms with E-state index in [2.05, 4.69) is 0 Å². The second kappa shape index (κ2) is 9.18. The number of carbonyl (C=O) groups is 4. The largest absolute Gasteiger partial charge is 0.457 e. The summed E-state index contributed by atoms with van der Waals surface area (Å²) in [4.78, 5) is 51.5. The van der Waals surface area contributed by atoms with E-state index < -0.39 is 23.2 Å². The Balaban J connectivity index is 1.49. The van der Waals surface area contributed by atoms with Crippen molar-refractivity contribution < 1.29 is 28.7 Å². The van der Waals surface area contributed by atoms with Gasteiger partial charge in [0, 0.05) is 5.41 Å². The second-order valence-corrected chi connectivity index (χ2v) is 9.36. The molecule has 0 bridgehead atoms. The van der Waals surface area contributed by atoms with Crippen molar-refractivity contribution in [2.24, 2.45) is 5.41 Å². The molecule has 1 aliphatic rings. The van der Waals surface area contributed by atoms with Crippen LogP contribution in [-0.2, 0) is 9.53 Å². The van der Waals surface area contributed by atoms with Crippen LogP contribution in [-0.4, -0.2) is 30.2 Å². The minimum atomic E-state index is -0.735. The van der Waals surface area contributed by atoms with Crippen LogP contribution < -0.4 is 9.64 Å². The van der Waals surface area contributed by atoms with Crippen molar-refractivity contribution >= 4 is 29.3 Å². The Bertz CT molecular complexity index is 1320. The van der Waals surface area contributed by atoms with Gasteiger partial charge in [0.25, 0.3) is 11.8 Å². The molecule has 0 aromatic heterocycles. The van der Waals surface area contributed by atoms with E-state index in [4.69, 9.17) is 9.47 Å². The van der Waals surface area contributed by atoms with Gasteiger partial charge >= 0.3 is 5.97 Å². The van der Waals surface area contributed by atoms with Gasteiger partial charge in [-0.2, -0.15) is 0 Å². The van der Waals surface area contributed by atoms with Crippen molar-refractivity contribution in [3.8, 4) is 11.5 Å². The lowest BCUT2D eigenvalue weighted by atomic mass is 9.91. The summed E-state index contributed by atoms with van der Waals surface area (Å²) in [6.07, 6.45) is 0. The summed E-state index contributed by atoms with van der Waals surface area (Å²) in [5.74, 6) is -0.754. The Labute approximate surface area is 203 Å². The van der Waals surface area contributed by atoms with Crippen molar-refractivity contribution in [2.45, 2.75) is 27.7 Å².